The Balaban J connectivity index is 1.44. The number of nitrogens with one attached hydrogen (secondary N) is 2. The molecule has 146 valence electrons. The highest BCUT2D eigenvalue weighted by Gasteiger charge is 2.56. The van der Waals surface area contributed by atoms with Crippen LogP contribution in [0.3, 0.4) is 0 Å². The summed E-state index contributed by atoms with van der Waals surface area (Å²) in [6.07, 6.45) is 8.61. The summed E-state index contributed by atoms with van der Waals surface area (Å²) in [5.74, 6) is 1.21. The van der Waals surface area contributed by atoms with Crippen LogP contribution in [0.1, 0.15) is 51.9 Å². The monoisotopic (exact) mass is 362 g/mol. The lowest BCUT2D eigenvalue weighted by molar-refractivity contribution is -0.941. The molecule has 0 radical (unpaired) electrons. The molecule has 26 heavy (non-hydrogen) atoms. The number of ether oxygens (including phenoxy) is 1. The fraction of sp³-hybridized carbons (Fsp3) is 0.864. The fourth-order valence-electron chi connectivity index (χ4n) is 6.61. The van der Waals surface area contributed by atoms with E-state index in [9.17, 15) is 4.79 Å². The van der Waals surface area contributed by atoms with Gasteiger partial charge in [-0.05, 0) is 43.4 Å². The molecule has 1 unspecified atom stereocenters. The number of carbonyl (C=O) groups excluding carboxylic acids is 1. The molecule has 0 aromatic carbocycles. The van der Waals surface area contributed by atoms with Crippen molar-refractivity contribution in [3.63, 3.8) is 0 Å². The van der Waals surface area contributed by atoms with E-state index in [-0.39, 0.29) is 18.0 Å². The van der Waals surface area contributed by atoms with Gasteiger partial charge in [0.1, 0.15) is 12.0 Å². The molecule has 6 atom stereocenters. The molecule has 4 rings (SSSR count). The van der Waals surface area contributed by atoms with Crippen LogP contribution in [0.25, 0.3) is 0 Å². The Hall–Kier alpha value is -0.870. The van der Waals surface area contributed by atoms with Gasteiger partial charge in [-0.15, -0.1) is 0 Å². The number of fused-ring (bicyclic) bond motifs is 2. The standard InChI is InChI=1S/C22H36N2O2/c1-15-6-5-9-22(2)13-20-17(12-19(15)22)18(21(25)26-20)14-24(4)16-7-10-23(3)11-8-16/h16-20H,1,5-14H2,2-4H3/p+2/t17-,18-,19+,20+,22-/m0/s1. The van der Waals surface area contributed by atoms with E-state index in [1.54, 1.807) is 9.80 Å². The van der Waals surface area contributed by atoms with Gasteiger partial charge in [0.2, 0.25) is 0 Å². The number of esters is 1. The lowest BCUT2D eigenvalue weighted by atomic mass is 9.55. The first-order valence-corrected chi connectivity index (χ1v) is 10.9. The Labute approximate surface area is 158 Å². The van der Waals surface area contributed by atoms with Gasteiger partial charge in [-0.25, -0.2) is 0 Å². The molecule has 4 fully saturated rings. The van der Waals surface area contributed by atoms with E-state index >= 15 is 0 Å². The second-order valence-electron chi connectivity index (χ2n) is 10.2. The summed E-state index contributed by atoms with van der Waals surface area (Å²) in [5, 5.41) is 0. The third kappa shape index (κ3) is 3.24. The van der Waals surface area contributed by atoms with Gasteiger partial charge in [0.25, 0.3) is 0 Å². The van der Waals surface area contributed by atoms with Crippen LogP contribution in [0.2, 0.25) is 0 Å². The molecule has 2 saturated carbocycles. The van der Waals surface area contributed by atoms with Crippen LogP contribution in [-0.2, 0) is 9.53 Å². The number of hydrogen-bond donors (Lipinski definition) is 2. The van der Waals surface area contributed by atoms with E-state index in [2.05, 4.69) is 27.6 Å². The lowest BCUT2D eigenvalue weighted by Crippen LogP contribution is -3.18. The Morgan fingerprint density at radius 2 is 2.08 bits per heavy atom. The SMILES string of the molecule is C=C1CCC[C@@]2(C)C[C@H]3OC(=O)[C@@H](C[NH+](C)C4CC[NH+](C)CC4)[C@@H]3C[C@H]12. The van der Waals surface area contributed by atoms with Crippen LogP contribution < -0.4 is 9.80 Å². The van der Waals surface area contributed by atoms with E-state index in [4.69, 9.17) is 4.74 Å². The normalized spacial score (nSPS) is 47.0. The molecule has 2 aliphatic carbocycles. The van der Waals surface area contributed by atoms with E-state index in [1.165, 1.54) is 50.8 Å². The van der Waals surface area contributed by atoms with Gasteiger partial charge in [-0.3, -0.25) is 4.79 Å². The topological polar surface area (TPSA) is 35.2 Å². The predicted octanol–water partition coefficient (Wildman–Crippen LogP) is 0.492. The molecule has 0 amide bonds. The summed E-state index contributed by atoms with van der Waals surface area (Å²) in [6.45, 7) is 10.3. The molecule has 0 bridgehead atoms. The number of piperidine rings is 1. The maximum Gasteiger partial charge on any atom is 0.315 e. The number of allylic oxidation sites excluding steroid dienone is 1. The molecule has 2 saturated heterocycles. The summed E-state index contributed by atoms with van der Waals surface area (Å²) in [4.78, 5) is 15.9. The number of hydrogen-bond acceptors (Lipinski definition) is 2. The summed E-state index contributed by atoms with van der Waals surface area (Å²) < 4.78 is 5.95. The highest BCUT2D eigenvalue weighted by molar-refractivity contribution is 5.75. The Bertz CT molecular complexity index is 568. The molecule has 0 spiro atoms. The summed E-state index contributed by atoms with van der Waals surface area (Å²) in [5.41, 5.74) is 1.75. The van der Waals surface area contributed by atoms with Gasteiger partial charge >= 0.3 is 5.97 Å². The van der Waals surface area contributed by atoms with Crippen molar-refractivity contribution >= 4 is 5.97 Å². The van der Waals surface area contributed by atoms with Crippen LogP contribution in [0.5, 0.6) is 0 Å². The van der Waals surface area contributed by atoms with Crippen molar-refractivity contribution in [3.8, 4) is 0 Å². The zero-order valence-electron chi connectivity index (χ0n) is 17.0. The molecule has 0 aromatic heterocycles. The van der Waals surface area contributed by atoms with Crippen LogP contribution in [0.15, 0.2) is 12.2 Å². The van der Waals surface area contributed by atoms with Gasteiger partial charge in [-0.2, -0.15) is 0 Å². The zero-order valence-corrected chi connectivity index (χ0v) is 17.0. The van der Waals surface area contributed by atoms with E-state index in [0.29, 0.717) is 23.3 Å². The van der Waals surface area contributed by atoms with Gasteiger partial charge in [-0.1, -0.05) is 19.1 Å². The molecular weight excluding hydrogens is 324 g/mol. The highest BCUT2D eigenvalue weighted by atomic mass is 16.6. The maximum atomic E-state index is 12.7. The number of likely N-dealkylation sites (tertiary alicyclic amines) is 1. The van der Waals surface area contributed by atoms with Crippen molar-refractivity contribution in [2.45, 2.75) is 64.0 Å². The second kappa shape index (κ2) is 6.94. The minimum absolute atomic E-state index is 0.0887. The van der Waals surface area contributed by atoms with Gasteiger partial charge in [0.05, 0.1) is 39.8 Å². The maximum absolute atomic E-state index is 12.7. The molecule has 2 N–H and O–H groups in total. The van der Waals surface area contributed by atoms with E-state index < -0.39 is 0 Å². The third-order valence-corrected chi connectivity index (χ3v) is 8.40. The van der Waals surface area contributed by atoms with Crippen molar-refractivity contribution in [1.29, 1.82) is 0 Å². The lowest BCUT2D eigenvalue weighted by Gasteiger charge is -2.50. The van der Waals surface area contributed by atoms with Crippen LogP contribution >= 0.6 is 0 Å². The Kier molecular flexibility index (Phi) is 4.94. The number of quaternary nitrogens is 2. The van der Waals surface area contributed by atoms with Crippen LogP contribution in [0, 0.1) is 23.2 Å². The first kappa shape index (κ1) is 18.5. The zero-order chi connectivity index (χ0) is 18.5. The van der Waals surface area contributed by atoms with E-state index in [0.717, 1.165) is 19.4 Å². The van der Waals surface area contributed by atoms with Crippen molar-refractivity contribution < 1.29 is 19.3 Å². The van der Waals surface area contributed by atoms with Gasteiger partial charge in [0.15, 0.2) is 0 Å². The number of carbonyl (C=O) groups is 1. The van der Waals surface area contributed by atoms with Crippen LogP contribution in [0.4, 0.5) is 0 Å². The Morgan fingerprint density at radius 3 is 2.81 bits per heavy atom. The van der Waals surface area contributed by atoms with Crippen LogP contribution in [-0.4, -0.2) is 51.8 Å². The highest BCUT2D eigenvalue weighted by Crippen LogP contribution is 2.56. The number of rotatable bonds is 3. The average molecular weight is 363 g/mol. The van der Waals surface area contributed by atoms with Crippen molar-refractivity contribution in [2.75, 3.05) is 33.7 Å². The second-order valence-corrected chi connectivity index (χ2v) is 10.2. The average Bonchev–Trinajstić information content (AvgIpc) is 2.88. The van der Waals surface area contributed by atoms with Gasteiger partial charge in [0, 0.05) is 18.8 Å². The molecule has 4 aliphatic rings. The Morgan fingerprint density at radius 1 is 1.35 bits per heavy atom. The van der Waals surface area contributed by atoms with Crippen molar-refractivity contribution in [2.24, 2.45) is 23.2 Å². The minimum atomic E-state index is 0.0887. The fourth-order valence-corrected chi connectivity index (χ4v) is 6.61. The molecule has 2 heterocycles. The smallest absolute Gasteiger partial charge is 0.315 e. The van der Waals surface area contributed by atoms with Crippen molar-refractivity contribution in [1.82, 2.24) is 0 Å². The first-order chi connectivity index (χ1) is 12.4. The molecule has 4 nitrogen and oxygen atoms in total. The van der Waals surface area contributed by atoms with Crippen molar-refractivity contribution in [3.05, 3.63) is 12.2 Å². The molecule has 0 aromatic rings. The molecule has 2 aliphatic heterocycles. The quantitative estimate of drug-likeness (QED) is 0.566. The summed E-state index contributed by atoms with van der Waals surface area (Å²) in [7, 11) is 4.60. The largest absolute Gasteiger partial charge is 0.462 e. The molecule has 4 heteroatoms. The van der Waals surface area contributed by atoms with Gasteiger partial charge < -0.3 is 14.5 Å². The minimum Gasteiger partial charge on any atom is -0.462 e. The summed E-state index contributed by atoms with van der Waals surface area (Å²) in [6, 6.07) is 0.712. The first-order valence-electron chi connectivity index (χ1n) is 10.9. The predicted molar refractivity (Wildman–Crippen MR) is 102 cm³/mol. The summed E-state index contributed by atoms with van der Waals surface area (Å²) >= 11 is 0. The molecular formula is C22H38N2O2+2. The third-order valence-electron chi connectivity index (χ3n) is 8.40. The van der Waals surface area contributed by atoms with E-state index in [1.807, 2.05) is 0 Å².